The SMILES string of the molecule is Cc1cc(S(=O)(=O)N2CCN(Cc3nc4ccccc4[nH]3)CC2)ccc1Br. The van der Waals surface area contributed by atoms with Gasteiger partial charge in [0.25, 0.3) is 0 Å². The van der Waals surface area contributed by atoms with Crippen molar-refractivity contribution in [3.05, 3.63) is 58.3 Å². The van der Waals surface area contributed by atoms with E-state index >= 15 is 0 Å². The average molecular weight is 449 g/mol. The Hall–Kier alpha value is -1.74. The van der Waals surface area contributed by atoms with Gasteiger partial charge in [0.2, 0.25) is 10.0 Å². The molecule has 2 aromatic carbocycles. The van der Waals surface area contributed by atoms with E-state index in [9.17, 15) is 8.42 Å². The lowest BCUT2D eigenvalue weighted by molar-refractivity contribution is 0.178. The number of hydrogen-bond acceptors (Lipinski definition) is 4. The van der Waals surface area contributed by atoms with Crippen molar-refractivity contribution in [2.45, 2.75) is 18.4 Å². The van der Waals surface area contributed by atoms with Crippen LogP contribution in [-0.4, -0.2) is 53.8 Å². The molecule has 1 fully saturated rings. The number of aromatic nitrogens is 2. The molecule has 0 saturated carbocycles. The van der Waals surface area contributed by atoms with E-state index in [1.165, 1.54) is 0 Å². The van der Waals surface area contributed by atoms with Crippen molar-refractivity contribution in [2.24, 2.45) is 0 Å². The number of piperazine rings is 1. The van der Waals surface area contributed by atoms with Crippen LogP contribution in [0.4, 0.5) is 0 Å². The summed E-state index contributed by atoms with van der Waals surface area (Å²) in [5.41, 5.74) is 2.90. The summed E-state index contributed by atoms with van der Waals surface area (Å²) in [5, 5.41) is 0. The minimum absolute atomic E-state index is 0.355. The molecule has 0 bridgehead atoms. The monoisotopic (exact) mass is 448 g/mol. The quantitative estimate of drug-likeness (QED) is 0.665. The summed E-state index contributed by atoms with van der Waals surface area (Å²) in [6, 6.07) is 13.1. The van der Waals surface area contributed by atoms with Crippen LogP contribution in [0, 0.1) is 6.92 Å². The van der Waals surface area contributed by atoms with Crippen LogP contribution in [0.3, 0.4) is 0 Å². The highest BCUT2D eigenvalue weighted by molar-refractivity contribution is 9.10. The van der Waals surface area contributed by atoms with Gasteiger partial charge in [-0.05, 0) is 42.8 Å². The zero-order valence-corrected chi connectivity index (χ0v) is 17.4. The minimum Gasteiger partial charge on any atom is -0.341 e. The van der Waals surface area contributed by atoms with Gasteiger partial charge in [0.15, 0.2) is 0 Å². The Morgan fingerprint density at radius 1 is 1.11 bits per heavy atom. The zero-order valence-electron chi connectivity index (χ0n) is 15.0. The van der Waals surface area contributed by atoms with Gasteiger partial charge in [-0.25, -0.2) is 13.4 Å². The van der Waals surface area contributed by atoms with Gasteiger partial charge in [-0.3, -0.25) is 4.90 Å². The van der Waals surface area contributed by atoms with Crippen molar-refractivity contribution >= 4 is 37.0 Å². The molecule has 0 unspecified atom stereocenters. The Morgan fingerprint density at radius 2 is 1.85 bits per heavy atom. The first kappa shape index (κ1) is 18.6. The Balaban J connectivity index is 1.42. The molecule has 142 valence electrons. The largest absolute Gasteiger partial charge is 0.341 e. The molecule has 0 aliphatic carbocycles. The van der Waals surface area contributed by atoms with Gasteiger partial charge in [-0.15, -0.1) is 0 Å². The maximum absolute atomic E-state index is 12.9. The van der Waals surface area contributed by atoms with Gasteiger partial charge < -0.3 is 4.98 Å². The van der Waals surface area contributed by atoms with E-state index in [1.54, 1.807) is 22.5 Å². The first-order chi connectivity index (χ1) is 12.9. The van der Waals surface area contributed by atoms with Crippen molar-refractivity contribution in [1.82, 2.24) is 19.2 Å². The molecular formula is C19H21BrN4O2S. The number of H-pyrrole nitrogens is 1. The molecule has 4 rings (SSSR count). The van der Waals surface area contributed by atoms with Crippen LogP contribution >= 0.6 is 15.9 Å². The molecule has 1 aromatic heterocycles. The third kappa shape index (κ3) is 3.80. The van der Waals surface area contributed by atoms with E-state index in [-0.39, 0.29) is 0 Å². The minimum atomic E-state index is -3.46. The topological polar surface area (TPSA) is 69.3 Å². The fraction of sp³-hybridized carbons (Fsp3) is 0.316. The number of sulfonamides is 1. The molecule has 0 spiro atoms. The van der Waals surface area contributed by atoms with Crippen molar-refractivity contribution in [2.75, 3.05) is 26.2 Å². The number of fused-ring (bicyclic) bond motifs is 1. The standard InChI is InChI=1S/C19H21BrN4O2S/c1-14-12-15(6-7-16(14)20)27(25,26)24-10-8-23(9-11-24)13-19-21-17-4-2-3-5-18(17)22-19/h2-7,12H,8-11,13H2,1H3,(H,21,22). The van der Waals surface area contributed by atoms with Gasteiger partial charge in [0.05, 0.1) is 22.5 Å². The second-order valence-corrected chi connectivity index (χ2v) is 9.58. The number of imidazole rings is 1. The molecule has 0 amide bonds. The highest BCUT2D eigenvalue weighted by atomic mass is 79.9. The average Bonchev–Trinajstić information content (AvgIpc) is 3.06. The fourth-order valence-corrected chi connectivity index (χ4v) is 5.10. The Morgan fingerprint density at radius 3 is 2.56 bits per heavy atom. The van der Waals surface area contributed by atoms with Crippen molar-refractivity contribution in [3.63, 3.8) is 0 Å². The molecule has 0 radical (unpaired) electrons. The van der Waals surface area contributed by atoms with E-state index in [1.807, 2.05) is 31.2 Å². The molecule has 27 heavy (non-hydrogen) atoms. The van der Waals surface area contributed by atoms with E-state index in [0.29, 0.717) is 37.6 Å². The number of halogens is 1. The summed E-state index contributed by atoms with van der Waals surface area (Å²) >= 11 is 3.42. The Bertz CT molecular complexity index is 1040. The maximum atomic E-state index is 12.9. The summed E-state index contributed by atoms with van der Waals surface area (Å²) in [5.74, 6) is 0.913. The summed E-state index contributed by atoms with van der Waals surface area (Å²) in [7, 11) is -3.46. The second-order valence-electron chi connectivity index (χ2n) is 6.79. The van der Waals surface area contributed by atoms with E-state index in [2.05, 4.69) is 30.8 Å². The maximum Gasteiger partial charge on any atom is 0.243 e. The van der Waals surface area contributed by atoms with Crippen LogP contribution in [0.1, 0.15) is 11.4 Å². The molecule has 1 saturated heterocycles. The van der Waals surface area contributed by atoms with E-state index in [0.717, 1.165) is 26.9 Å². The molecule has 3 aromatic rings. The van der Waals surface area contributed by atoms with Gasteiger partial charge in [0, 0.05) is 30.7 Å². The predicted octanol–water partition coefficient (Wildman–Crippen LogP) is 3.14. The molecule has 1 N–H and O–H groups in total. The van der Waals surface area contributed by atoms with E-state index in [4.69, 9.17) is 0 Å². The number of benzene rings is 2. The van der Waals surface area contributed by atoms with Crippen LogP contribution in [-0.2, 0) is 16.6 Å². The fourth-order valence-electron chi connectivity index (χ4n) is 3.35. The van der Waals surface area contributed by atoms with Gasteiger partial charge >= 0.3 is 0 Å². The number of nitrogens with one attached hydrogen (secondary N) is 1. The summed E-state index contributed by atoms with van der Waals surface area (Å²) in [6.07, 6.45) is 0. The predicted molar refractivity (Wildman–Crippen MR) is 109 cm³/mol. The number of hydrogen-bond donors (Lipinski definition) is 1. The highest BCUT2D eigenvalue weighted by Gasteiger charge is 2.29. The van der Waals surface area contributed by atoms with Crippen LogP contribution < -0.4 is 0 Å². The number of nitrogens with zero attached hydrogens (tertiary/aromatic N) is 3. The summed E-state index contributed by atoms with van der Waals surface area (Å²) in [6.45, 7) is 4.93. The molecule has 6 nitrogen and oxygen atoms in total. The molecular weight excluding hydrogens is 428 g/mol. The third-order valence-electron chi connectivity index (χ3n) is 4.91. The Labute approximate surface area is 167 Å². The number of rotatable bonds is 4. The highest BCUT2D eigenvalue weighted by Crippen LogP contribution is 2.23. The normalized spacial score (nSPS) is 16.8. The lowest BCUT2D eigenvalue weighted by Gasteiger charge is -2.33. The smallest absolute Gasteiger partial charge is 0.243 e. The van der Waals surface area contributed by atoms with Crippen LogP contribution in [0.25, 0.3) is 11.0 Å². The number of aryl methyl sites for hydroxylation is 1. The van der Waals surface area contributed by atoms with Gasteiger partial charge in [0.1, 0.15) is 5.82 Å². The first-order valence-electron chi connectivity index (χ1n) is 8.86. The molecule has 1 aliphatic heterocycles. The van der Waals surface area contributed by atoms with Crippen molar-refractivity contribution in [3.8, 4) is 0 Å². The molecule has 0 atom stereocenters. The van der Waals surface area contributed by atoms with E-state index < -0.39 is 10.0 Å². The number of para-hydroxylation sites is 2. The second kappa shape index (κ2) is 7.35. The first-order valence-corrected chi connectivity index (χ1v) is 11.1. The Kier molecular flexibility index (Phi) is 5.07. The van der Waals surface area contributed by atoms with Crippen LogP contribution in [0.2, 0.25) is 0 Å². The number of aromatic amines is 1. The van der Waals surface area contributed by atoms with Gasteiger partial charge in [-0.1, -0.05) is 28.1 Å². The van der Waals surface area contributed by atoms with Gasteiger partial charge in [-0.2, -0.15) is 4.31 Å². The lowest BCUT2D eigenvalue weighted by atomic mass is 10.2. The summed E-state index contributed by atoms with van der Waals surface area (Å²) < 4.78 is 28.3. The zero-order chi connectivity index (χ0) is 19.0. The third-order valence-corrected chi connectivity index (χ3v) is 7.69. The lowest BCUT2D eigenvalue weighted by Crippen LogP contribution is -2.48. The molecule has 8 heteroatoms. The summed E-state index contributed by atoms with van der Waals surface area (Å²) in [4.78, 5) is 10.5. The molecule has 1 aliphatic rings. The van der Waals surface area contributed by atoms with Crippen molar-refractivity contribution < 1.29 is 8.42 Å². The molecule has 2 heterocycles. The van der Waals surface area contributed by atoms with Crippen LogP contribution in [0.5, 0.6) is 0 Å². The van der Waals surface area contributed by atoms with Crippen molar-refractivity contribution in [1.29, 1.82) is 0 Å². The van der Waals surface area contributed by atoms with Crippen LogP contribution in [0.15, 0.2) is 51.8 Å².